The summed E-state index contributed by atoms with van der Waals surface area (Å²) in [6.45, 7) is 7.67. The maximum atomic E-state index is 13.1. The van der Waals surface area contributed by atoms with Gasteiger partial charge in [0.25, 0.3) is 11.5 Å². The van der Waals surface area contributed by atoms with Crippen LogP contribution < -0.4 is 10.9 Å². The Labute approximate surface area is 179 Å². The van der Waals surface area contributed by atoms with Crippen LogP contribution in [0.2, 0.25) is 0 Å². The third kappa shape index (κ3) is 5.58. The predicted octanol–water partition coefficient (Wildman–Crippen LogP) is 3.52. The Bertz CT molecular complexity index is 929. The molecule has 0 aliphatic carbocycles. The average Bonchev–Trinajstić information content (AvgIpc) is 2.68. The number of likely N-dealkylation sites (tertiary alicyclic amines) is 1. The van der Waals surface area contributed by atoms with Crippen molar-refractivity contribution in [2.24, 2.45) is 0 Å². The van der Waals surface area contributed by atoms with Gasteiger partial charge in [0.05, 0.1) is 0 Å². The van der Waals surface area contributed by atoms with E-state index in [1.54, 1.807) is 10.8 Å². The van der Waals surface area contributed by atoms with Crippen molar-refractivity contribution in [3.8, 4) is 0 Å². The first kappa shape index (κ1) is 22.2. The summed E-state index contributed by atoms with van der Waals surface area (Å²) in [5, 5.41) is 2.94. The van der Waals surface area contributed by atoms with Crippen LogP contribution in [0.3, 0.4) is 0 Å². The smallest absolute Gasteiger partial charge is 0.263 e. The number of piperidine rings is 1. The molecule has 1 aliphatic heterocycles. The highest BCUT2D eigenvalue weighted by Crippen LogP contribution is 2.17. The van der Waals surface area contributed by atoms with E-state index in [9.17, 15) is 9.59 Å². The van der Waals surface area contributed by atoms with E-state index in [4.69, 9.17) is 0 Å². The SMILES string of the molecule is Cc1ccn(C(C)CN(C)C)c(=O)c1C(=O)Nc1cccc(CN2CCCCC2)c1. The van der Waals surface area contributed by atoms with Crippen LogP contribution in [0, 0.1) is 6.92 Å². The van der Waals surface area contributed by atoms with Crippen LogP contribution in [0.5, 0.6) is 0 Å². The van der Waals surface area contributed by atoms with Crippen molar-refractivity contribution in [1.29, 1.82) is 0 Å². The lowest BCUT2D eigenvalue weighted by atomic mass is 10.1. The first-order valence-corrected chi connectivity index (χ1v) is 10.8. The minimum absolute atomic E-state index is 0.0208. The van der Waals surface area contributed by atoms with Crippen molar-refractivity contribution >= 4 is 11.6 Å². The number of benzene rings is 1. The van der Waals surface area contributed by atoms with E-state index in [1.807, 2.05) is 57.1 Å². The molecule has 6 nitrogen and oxygen atoms in total. The van der Waals surface area contributed by atoms with E-state index in [2.05, 4.69) is 16.3 Å². The Kier molecular flexibility index (Phi) is 7.45. The molecule has 162 valence electrons. The Hall–Kier alpha value is -2.44. The molecule has 1 saturated heterocycles. The highest BCUT2D eigenvalue weighted by molar-refractivity contribution is 6.05. The van der Waals surface area contributed by atoms with Gasteiger partial charge in [-0.1, -0.05) is 18.6 Å². The number of aromatic nitrogens is 1. The Morgan fingerprint density at radius 2 is 1.90 bits per heavy atom. The van der Waals surface area contributed by atoms with Gasteiger partial charge in [0.1, 0.15) is 5.56 Å². The van der Waals surface area contributed by atoms with Gasteiger partial charge in [0, 0.05) is 31.0 Å². The first-order valence-electron chi connectivity index (χ1n) is 10.8. The van der Waals surface area contributed by atoms with E-state index in [0.717, 1.165) is 31.9 Å². The molecule has 1 aliphatic rings. The Morgan fingerprint density at radius 1 is 1.17 bits per heavy atom. The summed E-state index contributed by atoms with van der Waals surface area (Å²) in [6.07, 6.45) is 5.60. The van der Waals surface area contributed by atoms with Gasteiger partial charge in [0.2, 0.25) is 0 Å². The van der Waals surface area contributed by atoms with E-state index in [1.165, 1.54) is 24.8 Å². The summed E-state index contributed by atoms with van der Waals surface area (Å²) in [7, 11) is 3.94. The fourth-order valence-corrected chi connectivity index (χ4v) is 4.20. The number of hydrogen-bond acceptors (Lipinski definition) is 4. The van der Waals surface area contributed by atoms with Crippen LogP contribution in [0.15, 0.2) is 41.3 Å². The average molecular weight is 411 g/mol. The summed E-state index contributed by atoms with van der Waals surface area (Å²) in [5.74, 6) is -0.348. The van der Waals surface area contributed by atoms with Crippen molar-refractivity contribution in [2.45, 2.75) is 45.7 Å². The van der Waals surface area contributed by atoms with Crippen LogP contribution in [0.25, 0.3) is 0 Å². The number of carbonyl (C=O) groups is 1. The molecule has 1 aromatic carbocycles. The quantitative estimate of drug-likeness (QED) is 0.759. The summed E-state index contributed by atoms with van der Waals surface area (Å²) < 4.78 is 1.65. The fourth-order valence-electron chi connectivity index (χ4n) is 4.20. The van der Waals surface area contributed by atoms with Crippen molar-refractivity contribution < 1.29 is 4.79 Å². The number of nitrogens with zero attached hydrogens (tertiary/aromatic N) is 3. The molecule has 0 radical (unpaired) electrons. The van der Waals surface area contributed by atoms with Crippen molar-refractivity contribution in [2.75, 3.05) is 39.0 Å². The number of hydrogen-bond donors (Lipinski definition) is 1. The minimum Gasteiger partial charge on any atom is -0.322 e. The number of likely N-dealkylation sites (N-methyl/N-ethyl adjacent to an activating group) is 1. The summed E-state index contributed by atoms with van der Waals surface area (Å²) in [5.41, 5.74) is 2.56. The second-order valence-corrected chi connectivity index (χ2v) is 8.69. The molecule has 1 aromatic heterocycles. The molecular formula is C24H34N4O2. The van der Waals surface area contributed by atoms with E-state index < -0.39 is 0 Å². The second kappa shape index (κ2) is 10.0. The zero-order valence-corrected chi connectivity index (χ0v) is 18.6. The van der Waals surface area contributed by atoms with Crippen molar-refractivity contribution in [1.82, 2.24) is 14.4 Å². The van der Waals surface area contributed by atoms with E-state index >= 15 is 0 Å². The standard InChI is InChI=1S/C24H34N4O2/c1-18-11-14-28(19(2)16-26(3)4)24(30)22(18)23(29)25-21-10-8-9-20(15-21)17-27-12-6-5-7-13-27/h8-11,14-15,19H,5-7,12-13,16-17H2,1-4H3,(H,25,29). The highest BCUT2D eigenvalue weighted by Gasteiger charge is 2.19. The van der Waals surface area contributed by atoms with Crippen LogP contribution >= 0.6 is 0 Å². The van der Waals surface area contributed by atoms with Gasteiger partial charge in [-0.2, -0.15) is 0 Å². The summed E-state index contributed by atoms with van der Waals surface area (Å²) in [6, 6.07) is 9.77. The molecule has 2 aromatic rings. The van der Waals surface area contributed by atoms with Gasteiger partial charge in [0.15, 0.2) is 0 Å². The van der Waals surface area contributed by atoms with Gasteiger partial charge in [-0.15, -0.1) is 0 Å². The molecule has 30 heavy (non-hydrogen) atoms. The molecule has 3 rings (SSSR count). The molecule has 1 N–H and O–H groups in total. The third-order valence-corrected chi connectivity index (χ3v) is 5.70. The third-order valence-electron chi connectivity index (χ3n) is 5.70. The predicted molar refractivity (Wildman–Crippen MR) is 122 cm³/mol. The number of amides is 1. The Balaban J connectivity index is 1.77. The monoisotopic (exact) mass is 410 g/mol. The molecule has 1 amide bonds. The van der Waals surface area contributed by atoms with Crippen molar-refractivity contribution in [3.05, 3.63) is 63.6 Å². The fraction of sp³-hybridized carbons (Fsp3) is 0.500. The molecule has 0 spiro atoms. The maximum absolute atomic E-state index is 13.1. The van der Waals surface area contributed by atoms with Crippen molar-refractivity contribution in [3.63, 3.8) is 0 Å². The lowest BCUT2D eigenvalue weighted by molar-refractivity contribution is 0.102. The number of anilines is 1. The molecule has 0 saturated carbocycles. The normalized spacial score (nSPS) is 15.9. The molecule has 1 unspecified atom stereocenters. The van der Waals surface area contributed by atoms with Crippen LogP contribution in [0.4, 0.5) is 5.69 Å². The van der Waals surface area contributed by atoms with Gasteiger partial charge < -0.3 is 14.8 Å². The van der Waals surface area contributed by atoms with Crippen LogP contribution in [-0.2, 0) is 6.54 Å². The topological polar surface area (TPSA) is 57.6 Å². The number of carbonyl (C=O) groups excluding carboxylic acids is 1. The largest absolute Gasteiger partial charge is 0.322 e. The lowest BCUT2D eigenvalue weighted by Gasteiger charge is -2.26. The highest BCUT2D eigenvalue weighted by atomic mass is 16.2. The van der Waals surface area contributed by atoms with Crippen LogP contribution in [0.1, 0.15) is 53.7 Å². The summed E-state index contributed by atoms with van der Waals surface area (Å²) in [4.78, 5) is 30.5. The molecule has 2 heterocycles. The molecule has 1 atom stereocenters. The van der Waals surface area contributed by atoms with Crippen LogP contribution in [-0.4, -0.2) is 54.0 Å². The zero-order valence-electron chi connectivity index (χ0n) is 18.6. The molecular weight excluding hydrogens is 376 g/mol. The summed E-state index contributed by atoms with van der Waals surface area (Å²) >= 11 is 0. The van der Waals surface area contributed by atoms with Gasteiger partial charge in [-0.3, -0.25) is 14.5 Å². The number of nitrogens with one attached hydrogen (secondary N) is 1. The number of aryl methyl sites for hydroxylation is 1. The van der Waals surface area contributed by atoms with E-state index in [0.29, 0.717) is 5.56 Å². The number of rotatable bonds is 7. The zero-order chi connectivity index (χ0) is 21.7. The lowest BCUT2D eigenvalue weighted by Crippen LogP contribution is -2.34. The van der Waals surface area contributed by atoms with E-state index in [-0.39, 0.29) is 23.1 Å². The first-order chi connectivity index (χ1) is 14.3. The number of pyridine rings is 1. The van der Waals surface area contributed by atoms with Gasteiger partial charge in [-0.25, -0.2) is 0 Å². The van der Waals surface area contributed by atoms with Gasteiger partial charge >= 0.3 is 0 Å². The second-order valence-electron chi connectivity index (χ2n) is 8.69. The minimum atomic E-state index is -0.348. The van der Waals surface area contributed by atoms with Gasteiger partial charge in [-0.05, 0) is 83.2 Å². The maximum Gasteiger partial charge on any atom is 0.263 e. The molecule has 6 heteroatoms. The molecule has 0 bridgehead atoms. The molecule has 1 fully saturated rings. The Morgan fingerprint density at radius 3 is 2.60 bits per heavy atom.